The molecule has 3 aromatic rings. The van der Waals surface area contributed by atoms with E-state index in [2.05, 4.69) is 20.8 Å². The molecule has 3 amide bonds. The summed E-state index contributed by atoms with van der Waals surface area (Å²) in [6, 6.07) is 15.7. The number of urea groups is 1. The molecule has 0 atom stereocenters. The molecule has 172 valence electrons. The Kier molecular flexibility index (Phi) is 7.72. The van der Waals surface area contributed by atoms with E-state index >= 15 is 0 Å². The highest BCUT2D eigenvalue weighted by Gasteiger charge is 2.20. The SMILES string of the molecule is O=C(CSc1nnc(-c2ccccc2F)n1Cc1ccccc1)NC(=O)NC1CCCCC1. The molecule has 0 bridgehead atoms. The number of thioether (sulfide) groups is 1. The third kappa shape index (κ3) is 6.19. The van der Waals surface area contributed by atoms with Gasteiger partial charge in [-0.2, -0.15) is 0 Å². The van der Waals surface area contributed by atoms with Crippen LogP contribution in [0.4, 0.5) is 9.18 Å². The average molecular weight is 468 g/mol. The normalized spacial score (nSPS) is 14.1. The molecular weight excluding hydrogens is 441 g/mol. The second-order valence-corrected chi connectivity index (χ2v) is 8.95. The summed E-state index contributed by atoms with van der Waals surface area (Å²) in [6.45, 7) is 0.420. The number of benzene rings is 2. The smallest absolute Gasteiger partial charge is 0.321 e. The second kappa shape index (κ2) is 11.1. The molecule has 0 aliphatic heterocycles. The van der Waals surface area contributed by atoms with Crippen LogP contribution >= 0.6 is 11.8 Å². The molecule has 1 aliphatic rings. The lowest BCUT2D eigenvalue weighted by molar-refractivity contribution is -0.117. The number of hydrogen-bond acceptors (Lipinski definition) is 5. The van der Waals surface area contributed by atoms with Crippen molar-refractivity contribution in [1.82, 2.24) is 25.4 Å². The van der Waals surface area contributed by atoms with Gasteiger partial charge in [0.2, 0.25) is 5.91 Å². The van der Waals surface area contributed by atoms with Gasteiger partial charge < -0.3 is 5.32 Å². The number of amides is 3. The van der Waals surface area contributed by atoms with Crippen molar-refractivity contribution in [2.75, 3.05) is 5.75 Å². The predicted octanol–water partition coefficient (Wildman–Crippen LogP) is 4.38. The van der Waals surface area contributed by atoms with Gasteiger partial charge in [0.25, 0.3) is 0 Å². The molecule has 1 aromatic heterocycles. The van der Waals surface area contributed by atoms with Crippen LogP contribution in [0.25, 0.3) is 11.4 Å². The minimum absolute atomic E-state index is 0.0116. The first kappa shape index (κ1) is 23.0. The first-order valence-corrected chi connectivity index (χ1v) is 12.0. The highest BCUT2D eigenvalue weighted by Crippen LogP contribution is 2.27. The third-order valence-electron chi connectivity index (χ3n) is 5.54. The van der Waals surface area contributed by atoms with Crippen LogP contribution in [-0.2, 0) is 11.3 Å². The summed E-state index contributed by atoms with van der Waals surface area (Å²) in [6.07, 6.45) is 5.26. The average Bonchev–Trinajstić information content (AvgIpc) is 3.21. The van der Waals surface area contributed by atoms with Crippen molar-refractivity contribution < 1.29 is 14.0 Å². The zero-order valence-electron chi connectivity index (χ0n) is 18.2. The van der Waals surface area contributed by atoms with Gasteiger partial charge in [-0.3, -0.25) is 14.7 Å². The molecule has 2 N–H and O–H groups in total. The van der Waals surface area contributed by atoms with Crippen molar-refractivity contribution in [2.24, 2.45) is 0 Å². The quantitative estimate of drug-likeness (QED) is 0.504. The molecule has 4 rings (SSSR count). The number of carbonyl (C=O) groups is 2. The van der Waals surface area contributed by atoms with Crippen LogP contribution in [0.5, 0.6) is 0 Å². The fourth-order valence-electron chi connectivity index (χ4n) is 3.91. The van der Waals surface area contributed by atoms with Crippen LogP contribution in [0.1, 0.15) is 37.7 Å². The molecule has 1 saturated carbocycles. The van der Waals surface area contributed by atoms with Gasteiger partial charge in [-0.1, -0.05) is 73.5 Å². The Morgan fingerprint density at radius 1 is 1.00 bits per heavy atom. The first-order valence-electron chi connectivity index (χ1n) is 11.1. The Labute approximate surface area is 196 Å². The van der Waals surface area contributed by atoms with Gasteiger partial charge in [-0.05, 0) is 30.5 Å². The van der Waals surface area contributed by atoms with E-state index in [1.807, 2.05) is 30.3 Å². The van der Waals surface area contributed by atoms with E-state index < -0.39 is 17.8 Å². The molecule has 0 unspecified atom stereocenters. The Balaban J connectivity index is 1.45. The van der Waals surface area contributed by atoms with Crippen molar-refractivity contribution in [3.63, 3.8) is 0 Å². The Morgan fingerprint density at radius 2 is 1.73 bits per heavy atom. The predicted molar refractivity (Wildman–Crippen MR) is 125 cm³/mol. The van der Waals surface area contributed by atoms with Crippen molar-refractivity contribution in [2.45, 2.75) is 49.8 Å². The lowest BCUT2D eigenvalue weighted by Crippen LogP contribution is -2.45. The molecular formula is C24H26FN5O2S. The second-order valence-electron chi connectivity index (χ2n) is 8.00. The van der Waals surface area contributed by atoms with Gasteiger partial charge in [0.05, 0.1) is 17.9 Å². The van der Waals surface area contributed by atoms with Gasteiger partial charge in [0.1, 0.15) is 5.82 Å². The monoisotopic (exact) mass is 467 g/mol. The molecule has 9 heteroatoms. The van der Waals surface area contributed by atoms with Crippen LogP contribution in [0.3, 0.4) is 0 Å². The molecule has 2 aromatic carbocycles. The highest BCUT2D eigenvalue weighted by atomic mass is 32.2. The zero-order chi connectivity index (χ0) is 23.0. The lowest BCUT2D eigenvalue weighted by atomic mass is 9.96. The fourth-order valence-corrected chi connectivity index (χ4v) is 4.64. The number of rotatable bonds is 7. The summed E-state index contributed by atoms with van der Waals surface area (Å²) in [7, 11) is 0. The van der Waals surface area contributed by atoms with E-state index in [0.29, 0.717) is 23.1 Å². The Hall–Kier alpha value is -3.20. The number of imide groups is 1. The van der Waals surface area contributed by atoms with Gasteiger partial charge in [-0.25, -0.2) is 9.18 Å². The molecule has 33 heavy (non-hydrogen) atoms. The third-order valence-corrected chi connectivity index (χ3v) is 6.51. The van der Waals surface area contributed by atoms with Crippen LogP contribution < -0.4 is 10.6 Å². The number of aromatic nitrogens is 3. The number of carbonyl (C=O) groups excluding carboxylic acids is 2. The van der Waals surface area contributed by atoms with Crippen molar-refractivity contribution in [1.29, 1.82) is 0 Å². The molecule has 0 spiro atoms. The van der Waals surface area contributed by atoms with Crippen molar-refractivity contribution >= 4 is 23.7 Å². The Bertz CT molecular complexity index is 1100. The summed E-state index contributed by atoms with van der Waals surface area (Å²) in [5.41, 5.74) is 1.33. The lowest BCUT2D eigenvalue weighted by Gasteiger charge is -2.22. The van der Waals surface area contributed by atoms with E-state index in [4.69, 9.17) is 0 Å². The van der Waals surface area contributed by atoms with E-state index in [1.54, 1.807) is 22.8 Å². The van der Waals surface area contributed by atoms with Crippen molar-refractivity contribution in [3.8, 4) is 11.4 Å². The minimum Gasteiger partial charge on any atom is -0.335 e. The van der Waals surface area contributed by atoms with E-state index in [1.165, 1.54) is 12.5 Å². The molecule has 1 fully saturated rings. The van der Waals surface area contributed by atoms with Crippen molar-refractivity contribution in [3.05, 3.63) is 66.0 Å². The molecule has 7 nitrogen and oxygen atoms in total. The maximum absolute atomic E-state index is 14.5. The van der Waals surface area contributed by atoms with E-state index in [9.17, 15) is 14.0 Å². The zero-order valence-corrected chi connectivity index (χ0v) is 19.0. The highest BCUT2D eigenvalue weighted by molar-refractivity contribution is 7.99. The van der Waals surface area contributed by atoms with Gasteiger partial charge >= 0.3 is 6.03 Å². The number of hydrogen-bond donors (Lipinski definition) is 2. The van der Waals surface area contributed by atoms with Gasteiger partial charge in [0.15, 0.2) is 11.0 Å². The summed E-state index contributed by atoms with van der Waals surface area (Å²) in [5, 5.41) is 14.1. The van der Waals surface area contributed by atoms with Gasteiger partial charge in [0, 0.05) is 6.04 Å². The number of nitrogens with zero attached hydrogens (tertiary/aromatic N) is 3. The van der Waals surface area contributed by atoms with Gasteiger partial charge in [-0.15, -0.1) is 10.2 Å². The van der Waals surface area contributed by atoms with E-state index in [-0.39, 0.29) is 11.8 Å². The molecule has 0 saturated heterocycles. The molecule has 1 heterocycles. The number of nitrogens with one attached hydrogen (secondary N) is 2. The first-order chi connectivity index (χ1) is 16.1. The maximum Gasteiger partial charge on any atom is 0.321 e. The largest absolute Gasteiger partial charge is 0.335 e. The summed E-state index contributed by atoms with van der Waals surface area (Å²) in [4.78, 5) is 24.5. The maximum atomic E-state index is 14.5. The summed E-state index contributed by atoms with van der Waals surface area (Å²) >= 11 is 1.16. The standard InChI is InChI=1S/C24H26FN5O2S/c25-20-14-8-7-13-19(20)22-28-29-24(30(22)15-17-9-3-1-4-10-17)33-16-21(31)27-23(32)26-18-11-5-2-6-12-18/h1,3-4,7-10,13-14,18H,2,5-6,11-12,15-16H2,(H2,26,27,31,32). The molecule has 1 aliphatic carbocycles. The topological polar surface area (TPSA) is 88.9 Å². The van der Waals surface area contributed by atoms with Crippen LogP contribution in [-0.4, -0.2) is 38.5 Å². The van der Waals surface area contributed by atoms with Crippen LogP contribution in [0, 0.1) is 5.82 Å². The summed E-state index contributed by atoms with van der Waals surface area (Å²) in [5.74, 6) is -0.444. The molecule has 0 radical (unpaired) electrons. The number of halogens is 1. The van der Waals surface area contributed by atoms with E-state index in [0.717, 1.165) is 43.0 Å². The Morgan fingerprint density at radius 3 is 2.48 bits per heavy atom. The summed E-state index contributed by atoms with van der Waals surface area (Å²) < 4.78 is 16.2. The van der Waals surface area contributed by atoms with Crippen LogP contribution in [0.15, 0.2) is 59.8 Å². The minimum atomic E-state index is -0.467. The van der Waals surface area contributed by atoms with Crippen LogP contribution in [0.2, 0.25) is 0 Å². The fraction of sp³-hybridized carbons (Fsp3) is 0.333.